The maximum Gasteiger partial charge on any atom is 0.225 e. The van der Waals surface area contributed by atoms with E-state index in [0.29, 0.717) is 11.8 Å². The van der Waals surface area contributed by atoms with Crippen molar-refractivity contribution in [3.8, 4) is 0 Å². The Morgan fingerprint density at radius 3 is 2.48 bits per heavy atom. The van der Waals surface area contributed by atoms with Crippen LogP contribution in [0.4, 0.5) is 0 Å². The third kappa shape index (κ3) is 4.48. The summed E-state index contributed by atoms with van der Waals surface area (Å²) in [4.78, 5) is 17.3. The van der Waals surface area contributed by atoms with E-state index in [1.165, 1.54) is 18.4 Å². The van der Waals surface area contributed by atoms with Crippen LogP contribution in [0.15, 0.2) is 24.3 Å². The van der Waals surface area contributed by atoms with Gasteiger partial charge in [-0.3, -0.25) is 9.69 Å². The predicted octanol–water partition coefficient (Wildman–Crippen LogP) is 3.81. The zero-order chi connectivity index (χ0) is 16.2. The predicted molar refractivity (Wildman–Crippen MR) is 94.4 cm³/mol. The Morgan fingerprint density at radius 2 is 1.83 bits per heavy atom. The minimum Gasteiger partial charge on any atom is -0.342 e. The summed E-state index contributed by atoms with van der Waals surface area (Å²) in [5.74, 6) is 1.31. The summed E-state index contributed by atoms with van der Waals surface area (Å²) in [5.41, 5.74) is 1.30. The molecule has 1 amide bonds. The van der Waals surface area contributed by atoms with E-state index in [1.807, 2.05) is 12.1 Å². The van der Waals surface area contributed by atoms with Crippen molar-refractivity contribution in [1.29, 1.82) is 0 Å². The lowest BCUT2D eigenvalue weighted by Gasteiger charge is -2.37. The fourth-order valence-corrected chi connectivity index (χ4v) is 3.96. The van der Waals surface area contributed by atoms with Crippen LogP contribution < -0.4 is 0 Å². The zero-order valence-corrected chi connectivity index (χ0v) is 14.8. The van der Waals surface area contributed by atoms with Gasteiger partial charge < -0.3 is 4.90 Å². The topological polar surface area (TPSA) is 23.6 Å². The molecule has 0 saturated carbocycles. The first kappa shape index (κ1) is 16.8. The van der Waals surface area contributed by atoms with Crippen LogP contribution in [0.3, 0.4) is 0 Å². The van der Waals surface area contributed by atoms with Crippen molar-refractivity contribution in [3.05, 3.63) is 34.9 Å². The standard InChI is InChI=1S/C19H27ClN2O/c1-15-3-2-10-22(13-15)19(23)17-8-11-21(12-9-17)14-16-4-6-18(20)7-5-16/h4-7,15,17H,2-3,8-14H2,1H3/t15-/m0/s1. The van der Waals surface area contributed by atoms with Gasteiger partial charge in [0.05, 0.1) is 0 Å². The van der Waals surface area contributed by atoms with Crippen LogP contribution in [0.2, 0.25) is 5.02 Å². The van der Waals surface area contributed by atoms with Gasteiger partial charge in [0, 0.05) is 30.6 Å². The maximum absolute atomic E-state index is 12.7. The van der Waals surface area contributed by atoms with Gasteiger partial charge in [0.25, 0.3) is 0 Å². The third-order valence-electron chi connectivity index (χ3n) is 5.22. The highest BCUT2D eigenvalue weighted by molar-refractivity contribution is 6.30. The van der Waals surface area contributed by atoms with Crippen LogP contribution >= 0.6 is 11.6 Å². The van der Waals surface area contributed by atoms with Crippen molar-refractivity contribution in [2.75, 3.05) is 26.2 Å². The van der Waals surface area contributed by atoms with Gasteiger partial charge in [-0.05, 0) is 62.4 Å². The quantitative estimate of drug-likeness (QED) is 0.839. The molecule has 2 aliphatic rings. The number of hydrogen-bond acceptors (Lipinski definition) is 2. The monoisotopic (exact) mass is 334 g/mol. The third-order valence-corrected chi connectivity index (χ3v) is 5.48. The maximum atomic E-state index is 12.7. The number of benzene rings is 1. The molecule has 2 aliphatic heterocycles. The second-order valence-electron chi connectivity index (χ2n) is 7.21. The van der Waals surface area contributed by atoms with Gasteiger partial charge in [0.1, 0.15) is 0 Å². The van der Waals surface area contributed by atoms with Crippen LogP contribution in [0, 0.1) is 11.8 Å². The Hall–Kier alpha value is -1.06. The van der Waals surface area contributed by atoms with E-state index in [-0.39, 0.29) is 5.92 Å². The van der Waals surface area contributed by atoms with Gasteiger partial charge in [-0.25, -0.2) is 0 Å². The van der Waals surface area contributed by atoms with E-state index in [1.54, 1.807) is 0 Å². The first-order chi connectivity index (χ1) is 11.1. The normalized spacial score (nSPS) is 23.9. The average Bonchev–Trinajstić information content (AvgIpc) is 2.57. The summed E-state index contributed by atoms with van der Waals surface area (Å²) in [7, 11) is 0. The fraction of sp³-hybridized carbons (Fsp3) is 0.632. The lowest BCUT2D eigenvalue weighted by atomic mass is 9.92. The number of carbonyl (C=O) groups excluding carboxylic acids is 1. The summed E-state index contributed by atoms with van der Waals surface area (Å²) >= 11 is 5.94. The minimum absolute atomic E-state index is 0.238. The molecule has 3 nitrogen and oxygen atoms in total. The molecule has 0 radical (unpaired) electrons. The number of rotatable bonds is 3. The number of nitrogens with zero attached hydrogens (tertiary/aromatic N) is 2. The molecule has 1 atom stereocenters. The average molecular weight is 335 g/mol. The van der Waals surface area contributed by atoms with E-state index >= 15 is 0 Å². The Labute approximate surface area is 144 Å². The molecule has 2 saturated heterocycles. The van der Waals surface area contributed by atoms with Crippen molar-refractivity contribution in [3.63, 3.8) is 0 Å². The lowest BCUT2D eigenvalue weighted by molar-refractivity contribution is -0.138. The summed E-state index contributed by atoms with van der Waals surface area (Å²) < 4.78 is 0. The first-order valence-electron chi connectivity index (χ1n) is 8.87. The van der Waals surface area contributed by atoms with Crippen molar-refractivity contribution >= 4 is 17.5 Å². The summed E-state index contributed by atoms with van der Waals surface area (Å²) in [6, 6.07) is 8.08. The Morgan fingerprint density at radius 1 is 1.13 bits per heavy atom. The van der Waals surface area contributed by atoms with E-state index in [0.717, 1.165) is 50.6 Å². The first-order valence-corrected chi connectivity index (χ1v) is 9.25. The largest absolute Gasteiger partial charge is 0.342 e. The molecule has 2 fully saturated rings. The molecule has 0 spiro atoms. The highest BCUT2D eigenvalue weighted by atomic mass is 35.5. The molecule has 0 N–H and O–H groups in total. The SMILES string of the molecule is C[C@H]1CCCN(C(=O)C2CCN(Cc3ccc(Cl)cc3)CC2)C1. The Bertz CT molecular complexity index is 523. The van der Waals surface area contributed by atoms with Crippen LogP contribution in [-0.4, -0.2) is 41.9 Å². The fourth-order valence-electron chi connectivity index (χ4n) is 3.83. The van der Waals surface area contributed by atoms with Crippen LogP contribution in [-0.2, 0) is 11.3 Å². The van der Waals surface area contributed by atoms with E-state index in [9.17, 15) is 4.79 Å². The molecule has 0 aliphatic carbocycles. The number of hydrogen-bond donors (Lipinski definition) is 0. The molecule has 23 heavy (non-hydrogen) atoms. The minimum atomic E-state index is 0.238. The molecular formula is C19H27ClN2O. The molecule has 126 valence electrons. The highest BCUT2D eigenvalue weighted by Gasteiger charge is 2.30. The Balaban J connectivity index is 1.48. The molecular weight excluding hydrogens is 308 g/mol. The van der Waals surface area contributed by atoms with Crippen molar-refractivity contribution < 1.29 is 4.79 Å². The second-order valence-corrected chi connectivity index (χ2v) is 7.64. The Kier molecular flexibility index (Phi) is 5.60. The molecule has 0 aromatic heterocycles. The molecule has 1 aromatic carbocycles. The van der Waals surface area contributed by atoms with Crippen LogP contribution in [0.1, 0.15) is 38.2 Å². The molecule has 1 aromatic rings. The second kappa shape index (κ2) is 7.67. The van der Waals surface area contributed by atoms with Gasteiger partial charge in [-0.1, -0.05) is 30.7 Å². The number of piperidine rings is 2. The van der Waals surface area contributed by atoms with Gasteiger partial charge in [0.2, 0.25) is 5.91 Å². The summed E-state index contributed by atoms with van der Waals surface area (Å²) in [6.07, 6.45) is 4.43. The van der Waals surface area contributed by atoms with Crippen LogP contribution in [0.25, 0.3) is 0 Å². The molecule has 0 bridgehead atoms. The summed E-state index contributed by atoms with van der Waals surface area (Å²) in [5, 5.41) is 0.786. The molecule has 4 heteroatoms. The van der Waals surface area contributed by atoms with Gasteiger partial charge >= 0.3 is 0 Å². The van der Waals surface area contributed by atoms with E-state index < -0.39 is 0 Å². The molecule has 2 heterocycles. The zero-order valence-electron chi connectivity index (χ0n) is 14.0. The number of likely N-dealkylation sites (tertiary alicyclic amines) is 2. The van der Waals surface area contributed by atoms with Crippen molar-refractivity contribution in [2.45, 2.75) is 39.2 Å². The molecule has 0 unspecified atom stereocenters. The highest BCUT2D eigenvalue weighted by Crippen LogP contribution is 2.24. The number of halogens is 1. The number of amides is 1. The number of carbonyl (C=O) groups is 1. The van der Waals surface area contributed by atoms with E-state index in [2.05, 4.69) is 28.9 Å². The molecule has 3 rings (SSSR count). The van der Waals surface area contributed by atoms with Crippen LogP contribution in [0.5, 0.6) is 0 Å². The lowest BCUT2D eigenvalue weighted by Crippen LogP contribution is -2.45. The van der Waals surface area contributed by atoms with E-state index in [4.69, 9.17) is 11.6 Å². The smallest absolute Gasteiger partial charge is 0.225 e. The summed E-state index contributed by atoms with van der Waals surface area (Å²) in [6.45, 7) is 7.18. The van der Waals surface area contributed by atoms with Gasteiger partial charge in [-0.2, -0.15) is 0 Å². The van der Waals surface area contributed by atoms with Crippen molar-refractivity contribution in [2.24, 2.45) is 11.8 Å². The van der Waals surface area contributed by atoms with Gasteiger partial charge in [0.15, 0.2) is 0 Å². The van der Waals surface area contributed by atoms with Crippen molar-refractivity contribution in [1.82, 2.24) is 9.80 Å². The van der Waals surface area contributed by atoms with Gasteiger partial charge in [-0.15, -0.1) is 0 Å².